The smallest absolute Gasteiger partial charge is 0.214 e. The van der Waals surface area contributed by atoms with Crippen LogP contribution in [0.15, 0.2) is 36.4 Å². The van der Waals surface area contributed by atoms with Crippen LogP contribution in [0.1, 0.15) is 0 Å². The lowest BCUT2D eigenvalue weighted by Gasteiger charge is -2.10. The Hall–Kier alpha value is -2.30. The van der Waals surface area contributed by atoms with Crippen LogP contribution in [0.5, 0.6) is 11.5 Å². The van der Waals surface area contributed by atoms with Gasteiger partial charge >= 0.3 is 0 Å². The number of nitrogens with zero attached hydrogens (tertiary/aromatic N) is 1. The lowest BCUT2D eigenvalue weighted by molar-refractivity contribution is 0.395. The zero-order valence-corrected chi connectivity index (χ0v) is 10.1. The van der Waals surface area contributed by atoms with Gasteiger partial charge in [-0.05, 0) is 12.1 Å². The van der Waals surface area contributed by atoms with E-state index >= 15 is 0 Å². The molecule has 1 aromatic carbocycles. The molecular weight excluding hydrogens is 235 g/mol. The monoisotopic (exact) mass is 248 g/mol. The third-order valence-electron chi connectivity index (χ3n) is 2.34. The molecule has 1 aromatic heterocycles. The minimum absolute atomic E-state index is 0.422. The predicted octanol–water partition coefficient (Wildman–Crippen LogP) is 2.98. The minimum Gasteiger partial charge on any atom is -0.497 e. The normalized spacial score (nSPS) is 9.94. The molecule has 1 N–H and O–H groups in total. The van der Waals surface area contributed by atoms with Crippen molar-refractivity contribution < 1.29 is 13.9 Å². The van der Waals surface area contributed by atoms with E-state index in [1.54, 1.807) is 44.6 Å². The molecule has 0 saturated carbocycles. The van der Waals surface area contributed by atoms with Gasteiger partial charge in [-0.15, -0.1) is 0 Å². The van der Waals surface area contributed by atoms with Crippen molar-refractivity contribution in [3.8, 4) is 11.5 Å². The van der Waals surface area contributed by atoms with E-state index in [0.717, 1.165) is 0 Å². The van der Waals surface area contributed by atoms with Crippen molar-refractivity contribution in [1.29, 1.82) is 0 Å². The van der Waals surface area contributed by atoms with Crippen molar-refractivity contribution >= 4 is 11.5 Å². The number of rotatable bonds is 4. The van der Waals surface area contributed by atoms with Crippen LogP contribution in [-0.4, -0.2) is 19.2 Å². The summed E-state index contributed by atoms with van der Waals surface area (Å²) in [5.74, 6) is 1.18. The van der Waals surface area contributed by atoms with Gasteiger partial charge in [-0.3, -0.25) is 0 Å². The number of anilines is 2. The van der Waals surface area contributed by atoms with Crippen LogP contribution in [0.4, 0.5) is 15.9 Å². The summed E-state index contributed by atoms with van der Waals surface area (Å²) in [6.07, 6.45) is 0. The Labute approximate surface area is 104 Å². The Bertz CT molecular complexity index is 524. The molecular formula is C13H13FN2O2. The number of nitrogens with one attached hydrogen (secondary N) is 1. The van der Waals surface area contributed by atoms with Gasteiger partial charge in [-0.25, -0.2) is 4.98 Å². The van der Waals surface area contributed by atoms with Gasteiger partial charge in [-0.2, -0.15) is 4.39 Å². The molecule has 94 valence electrons. The minimum atomic E-state index is -0.533. The van der Waals surface area contributed by atoms with Gasteiger partial charge in [0.1, 0.15) is 17.3 Å². The van der Waals surface area contributed by atoms with E-state index in [-0.39, 0.29) is 0 Å². The first kappa shape index (κ1) is 12.2. The summed E-state index contributed by atoms with van der Waals surface area (Å²) in [5.41, 5.74) is 0.712. The average Bonchev–Trinajstić information content (AvgIpc) is 2.38. The molecule has 0 bridgehead atoms. The van der Waals surface area contributed by atoms with Crippen LogP contribution >= 0.6 is 0 Å². The SMILES string of the molecule is COc1cc(Nc2cccc(F)n2)cc(OC)c1. The van der Waals surface area contributed by atoms with E-state index < -0.39 is 5.95 Å². The molecule has 2 aromatic rings. The topological polar surface area (TPSA) is 43.4 Å². The molecule has 0 saturated heterocycles. The van der Waals surface area contributed by atoms with Crippen LogP contribution in [-0.2, 0) is 0 Å². The summed E-state index contributed by atoms with van der Waals surface area (Å²) in [4.78, 5) is 3.72. The van der Waals surface area contributed by atoms with Gasteiger partial charge in [0.25, 0.3) is 0 Å². The average molecular weight is 248 g/mol. The molecule has 18 heavy (non-hydrogen) atoms. The Morgan fingerprint density at radius 2 is 1.72 bits per heavy atom. The highest BCUT2D eigenvalue weighted by molar-refractivity contribution is 5.61. The van der Waals surface area contributed by atoms with Gasteiger partial charge in [0.2, 0.25) is 5.95 Å². The maximum Gasteiger partial charge on any atom is 0.214 e. The number of benzene rings is 1. The number of hydrogen-bond donors (Lipinski definition) is 1. The lowest BCUT2D eigenvalue weighted by Crippen LogP contribution is -1.96. The number of hydrogen-bond acceptors (Lipinski definition) is 4. The van der Waals surface area contributed by atoms with Crippen molar-refractivity contribution in [2.75, 3.05) is 19.5 Å². The molecule has 0 radical (unpaired) electrons. The molecule has 0 aliphatic heterocycles. The Balaban J connectivity index is 2.28. The van der Waals surface area contributed by atoms with Crippen LogP contribution in [0.3, 0.4) is 0 Å². The van der Waals surface area contributed by atoms with Gasteiger partial charge in [0.05, 0.1) is 14.2 Å². The second-order valence-electron chi connectivity index (χ2n) is 3.57. The molecule has 0 atom stereocenters. The van der Waals surface area contributed by atoms with Crippen molar-refractivity contribution in [2.45, 2.75) is 0 Å². The van der Waals surface area contributed by atoms with E-state index in [1.807, 2.05) is 0 Å². The van der Waals surface area contributed by atoms with Gasteiger partial charge in [0, 0.05) is 23.9 Å². The number of halogens is 1. The zero-order valence-electron chi connectivity index (χ0n) is 10.1. The molecule has 0 aliphatic rings. The van der Waals surface area contributed by atoms with E-state index in [0.29, 0.717) is 23.0 Å². The van der Waals surface area contributed by atoms with Gasteiger partial charge < -0.3 is 14.8 Å². The fourth-order valence-corrected chi connectivity index (χ4v) is 1.51. The van der Waals surface area contributed by atoms with Crippen LogP contribution < -0.4 is 14.8 Å². The van der Waals surface area contributed by atoms with E-state index in [9.17, 15) is 4.39 Å². The quantitative estimate of drug-likeness (QED) is 0.845. The molecule has 0 spiro atoms. The third kappa shape index (κ3) is 2.88. The fourth-order valence-electron chi connectivity index (χ4n) is 1.51. The van der Waals surface area contributed by atoms with Crippen molar-refractivity contribution in [2.24, 2.45) is 0 Å². The largest absolute Gasteiger partial charge is 0.497 e. The standard InChI is InChI=1S/C13H13FN2O2/c1-17-10-6-9(7-11(8-10)18-2)15-13-5-3-4-12(14)16-13/h3-8H,1-2H3,(H,15,16). The lowest BCUT2D eigenvalue weighted by atomic mass is 10.2. The highest BCUT2D eigenvalue weighted by atomic mass is 19.1. The summed E-state index contributed by atoms with van der Waals surface area (Å²) < 4.78 is 23.2. The summed E-state index contributed by atoms with van der Waals surface area (Å²) in [6.45, 7) is 0. The van der Waals surface area contributed by atoms with E-state index in [4.69, 9.17) is 9.47 Å². The van der Waals surface area contributed by atoms with Crippen LogP contribution in [0, 0.1) is 5.95 Å². The van der Waals surface area contributed by atoms with Crippen molar-refractivity contribution in [3.05, 3.63) is 42.3 Å². The number of pyridine rings is 1. The van der Waals surface area contributed by atoms with Gasteiger partial charge in [0.15, 0.2) is 0 Å². The van der Waals surface area contributed by atoms with Crippen LogP contribution in [0.2, 0.25) is 0 Å². The molecule has 1 heterocycles. The first-order valence-electron chi connectivity index (χ1n) is 5.34. The summed E-state index contributed by atoms with van der Waals surface area (Å²) in [7, 11) is 3.14. The molecule has 0 amide bonds. The van der Waals surface area contributed by atoms with Crippen molar-refractivity contribution in [1.82, 2.24) is 4.98 Å². The Morgan fingerprint density at radius 1 is 1.06 bits per heavy atom. The zero-order chi connectivity index (χ0) is 13.0. The number of methoxy groups -OCH3 is 2. The Morgan fingerprint density at radius 3 is 2.28 bits per heavy atom. The summed E-state index contributed by atoms with van der Waals surface area (Å²) in [5, 5.41) is 2.98. The third-order valence-corrected chi connectivity index (χ3v) is 2.34. The second kappa shape index (κ2) is 5.35. The molecule has 2 rings (SSSR count). The molecule has 0 unspecified atom stereocenters. The molecule has 5 heteroatoms. The van der Waals surface area contributed by atoms with Crippen LogP contribution in [0.25, 0.3) is 0 Å². The number of aromatic nitrogens is 1. The summed E-state index contributed by atoms with van der Waals surface area (Å²) in [6, 6.07) is 9.85. The van der Waals surface area contributed by atoms with Crippen molar-refractivity contribution in [3.63, 3.8) is 0 Å². The molecule has 4 nitrogen and oxygen atoms in total. The molecule has 0 fully saturated rings. The molecule has 0 aliphatic carbocycles. The highest BCUT2D eigenvalue weighted by Crippen LogP contribution is 2.27. The first-order chi connectivity index (χ1) is 8.71. The second-order valence-corrected chi connectivity index (χ2v) is 3.57. The number of ether oxygens (including phenoxy) is 2. The summed E-state index contributed by atoms with van der Waals surface area (Å²) >= 11 is 0. The fraction of sp³-hybridized carbons (Fsp3) is 0.154. The Kier molecular flexibility index (Phi) is 3.62. The van der Waals surface area contributed by atoms with E-state index in [2.05, 4.69) is 10.3 Å². The highest BCUT2D eigenvalue weighted by Gasteiger charge is 2.03. The first-order valence-corrected chi connectivity index (χ1v) is 5.34. The maximum absolute atomic E-state index is 13.0. The maximum atomic E-state index is 13.0. The van der Waals surface area contributed by atoms with E-state index in [1.165, 1.54) is 6.07 Å². The van der Waals surface area contributed by atoms with Gasteiger partial charge in [-0.1, -0.05) is 6.07 Å². The predicted molar refractivity (Wildman–Crippen MR) is 67.0 cm³/mol.